The first kappa shape index (κ1) is 24.1. The van der Waals surface area contributed by atoms with Crippen molar-refractivity contribution in [3.8, 4) is 0 Å². The number of morpholine rings is 1. The van der Waals surface area contributed by atoms with Crippen LogP contribution in [0.15, 0.2) is 53.8 Å². The summed E-state index contributed by atoms with van der Waals surface area (Å²) in [5.74, 6) is -0.0902. The van der Waals surface area contributed by atoms with Gasteiger partial charge in [-0.25, -0.2) is 0 Å². The van der Waals surface area contributed by atoms with Crippen LogP contribution in [-0.2, 0) is 4.74 Å². The van der Waals surface area contributed by atoms with Gasteiger partial charge in [0.05, 0.1) is 17.8 Å². The lowest BCUT2D eigenvalue weighted by atomic mass is 10.1. The van der Waals surface area contributed by atoms with Gasteiger partial charge in [-0.3, -0.25) is 9.78 Å². The number of ether oxygens (including phenoxy) is 1. The molecule has 6 heteroatoms. The summed E-state index contributed by atoms with van der Waals surface area (Å²) >= 11 is 3.45. The van der Waals surface area contributed by atoms with Crippen molar-refractivity contribution in [3.05, 3.63) is 64.9 Å². The molecule has 3 rings (SSSR count). The number of halogens is 1. The lowest BCUT2D eigenvalue weighted by molar-refractivity contribution is -0.00521. The third-order valence-corrected chi connectivity index (χ3v) is 5.69. The molecule has 1 amide bonds. The summed E-state index contributed by atoms with van der Waals surface area (Å²) in [6, 6.07) is 8.11. The number of carbonyl (C=O) groups is 1. The topological polar surface area (TPSA) is 45.7 Å². The molecule has 162 valence electrons. The van der Waals surface area contributed by atoms with E-state index in [2.05, 4.69) is 58.4 Å². The predicted molar refractivity (Wildman–Crippen MR) is 129 cm³/mol. The van der Waals surface area contributed by atoms with E-state index in [4.69, 9.17) is 4.74 Å². The molecular formula is C24H32BrN3O2. The van der Waals surface area contributed by atoms with Crippen LogP contribution < -0.4 is 9.80 Å². The molecule has 1 fully saturated rings. The zero-order valence-electron chi connectivity index (χ0n) is 18.6. The molecule has 1 aliphatic rings. The van der Waals surface area contributed by atoms with Crippen LogP contribution in [-0.4, -0.2) is 42.7 Å². The number of carbonyl (C=O) groups excluding carboxylic acids is 1. The minimum atomic E-state index is -0.0902. The number of aromatic nitrogens is 1. The molecule has 0 N–H and O–H groups in total. The van der Waals surface area contributed by atoms with Gasteiger partial charge in [0.2, 0.25) is 0 Å². The lowest BCUT2D eigenvalue weighted by Crippen LogP contribution is -2.45. The van der Waals surface area contributed by atoms with Gasteiger partial charge in [-0.15, -0.1) is 6.58 Å². The molecule has 5 nitrogen and oxygen atoms in total. The lowest BCUT2D eigenvalue weighted by Gasteiger charge is -2.37. The number of hydrogen-bond donors (Lipinski definition) is 0. The molecule has 0 aliphatic carbocycles. The van der Waals surface area contributed by atoms with Crippen LogP contribution in [0.5, 0.6) is 0 Å². The number of amides is 1. The highest BCUT2D eigenvalue weighted by Crippen LogP contribution is 2.26. The Labute approximate surface area is 188 Å². The van der Waals surface area contributed by atoms with E-state index in [1.807, 2.05) is 32.9 Å². The van der Waals surface area contributed by atoms with Crippen LogP contribution in [0.2, 0.25) is 0 Å². The molecule has 0 bridgehead atoms. The van der Waals surface area contributed by atoms with Crippen molar-refractivity contribution in [1.29, 1.82) is 0 Å². The first-order valence-corrected chi connectivity index (χ1v) is 11.2. The molecule has 30 heavy (non-hydrogen) atoms. The molecule has 2 aromatic rings. The molecule has 2 atom stereocenters. The third kappa shape index (κ3) is 5.70. The van der Waals surface area contributed by atoms with E-state index in [1.54, 1.807) is 23.4 Å². The van der Waals surface area contributed by atoms with Crippen LogP contribution in [0.25, 0.3) is 0 Å². The molecular weight excluding hydrogens is 442 g/mol. The van der Waals surface area contributed by atoms with Gasteiger partial charge < -0.3 is 14.5 Å². The van der Waals surface area contributed by atoms with E-state index in [1.165, 1.54) is 0 Å². The maximum absolute atomic E-state index is 13.2. The van der Waals surface area contributed by atoms with Crippen LogP contribution in [0.1, 0.15) is 43.6 Å². The fourth-order valence-corrected chi connectivity index (χ4v) is 3.86. The summed E-state index contributed by atoms with van der Waals surface area (Å²) in [7, 11) is 0. The Hall–Kier alpha value is -2.18. The van der Waals surface area contributed by atoms with Gasteiger partial charge in [0.15, 0.2) is 0 Å². The fourth-order valence-electron chi connectivity index (χ4n) is 3.53. The smallest absolute Gasteiger partial charge is 0.260 e. The van der Waals surface area contributed by atoms with Crippen LogP contribution in [0.3, 0.4) is 0 Å². The average Bonchev–Trinajstić information content (AvgIpc) is 2.74. The summed E-state index contributed by atoms with van der Waals surface area (Å²) in [5.41, 5.74) is 3.43. The number of pyridine rings is 1. The normalized spacial score (nSPS) is 18.3. The van der Waals surface area contributed by atoms with Crippen LogP contribution in [0.4, 0.5) is 11.4 Å². The van der Waals surface area contributed by atoms with Gasteiger partial charge in [0.25, 0.3) is 5.91 Å². The summed E-state index contributed by atoms with van der Waals surface area (Å²) in [5, 5.41) is 0. The van der Waals surface area contributed by atoms with Crippen LogP contribution in [0, 0.1) is 6.92 Å². The highest BCUT2D eigenvalue weighted by molar-refractivity contribution is 9.10. The Balaban J connectivity index is 0.00000155. The number of anilines is 2. The molecule has 2 unspecified atom stereocenters. The highest BCUT2D eigenvalue weighted by Gasteiger charge is 2.23. The van der Waals surface area contributed by atoms with Crippen molar-refractivity contribution < 1.29 is 9.53 Å². The van der Waals surface area contributed by atoms with E-state index in [-0.39, 0.29) is 18.1 Å². The van der Waals surface area contributed by atoms with Crippen molar-refractivity contribution in [3.63, 3.8) is 0 Å². The Morgan fingerprint density at radius 3 is 2.40 bits per heavy atom. The summed E-state index contributed by atoms with van der Waals surface area (Å²) in [6.07, 6.45) is 5.45. The summed E-state index contributed by atoms with van der Waals surface area (Å²) in [4.78, 5) is 21.4. The Bertz CT molecular complexity index is 844. The Kier molecular flexibility index (Phi) is 9.06. The number of nitrogens with zero attached hydrogens (tertiary/aromatic N) is 3. The van der Waals surface area contributed by atoms with Crippen molar-refractivity contribution in [2.45, 2.75) is 46.8 Å². The summed E-state index contributed by atoms with van der Waals surface area (Å²) in [6.45, 7) is 16.1. The molecule has 0 radical (unpaired) electrons. The molecule has 1 saturated heterocycles. The standard InChI is InChI=1S/C22H26BrN3O2.C2H6/c1-5-10-26(22(27)20-11-24-12-21(23)17(20)4)19-8-6-18(7-9-19)25-13-15(2)28-16(3)14-25;1-2/h5-9,11-12,15-16H,1,10,13-14H2,2-4H3;1-2H3. The van der Waals surface area contributed by atoms with Gasteiger partial charge in [0, 0.05) is 47.9 Å². The van der Waals surface area contributed by atoms with Gasteiger partial charge in [-0.1, -0.05) is 19.9 Å². The van der Waals surface area contributed by atoms with Crippen molar-refractivity contribution in [2.75, 3.05) is 29.4 Å². The fraction of sp³-hybridized carbons (Fsp3) is 0.417. The first-order chi connectivity index (χ1) is 14.4. The quantitative estimate of drug-likeness (QED) is 0.528. The average molecular weight is 474 g/mol. The molecule has 0 saturated carbocycles. The van der Waals surface area contributed by atoms with Gasteiger partial charge in [0.1, 0.15) is 0 Å². The van der Waals surface area contributed by atoms with Gasteiger partial charge in [-0.05, 0) is 66.5 Å². The SMILES string of the molecule is C=CCN(C(=O)c1cncc(Br)c1C)c1ccc(N2CC(C)OC(C)C2)cc1.CC. The number of hydrogen-bond acceptors (Lipinski definition) is 4. The predicted octanol–water partition coefficient (Wildman–Crippen LogP) is 5.63. The second-order valence-electron chi connectivity index (χ2n) is 7.18. The first-order valence-electron chi connectivity index (χ1n) is 10.4. The number of rotatable bonds is 5. The maximum Gasteiger partial charge on any atom is 0.260 e. The molecule has 1 aromatic carbocycles. The molecule has 1 aliphatic heterocycles. The van der Waals surface area contributed by atoms with Crippen molar-refractivity contribution in [1.82, 2.24) is 4.98 Å². The summed E-state index contributed by atoms with van der Waals surface area (Å²) < 4.78 is 6.64. The minimum absolute atomic E-state index is 0.0902. The van der Waals surface area contributed by atoms with E-state index >= 15 is 0 Å². The highest BCUT2D eigenvalue weighted by atomic mass is 79.9. The van der Waals surface area contributed by atoms with Gasteiger partial charge >= 0.3 is 0 Å². The van der Waals surface area contributed by atoms with E-state index in [9.17, 15) is 4.79 Å². The molecule has 2 heterocycles. The van der Waals surface area contributed by atoms with Gasteiger partial charge in [-0.2, -0.15) is 0 Å². The molecule has 1 aromatic heterocycles. The minimum Gasteiger partial charge on any atom is -0.372 e. The largest absolute Gasteiger partial charge is 0.372 e. The monoisotopic (exact) mass is 473 g/mol. The van der Waals surface area contributed by atoms with E-state index < -0.39 is 0 Å². The zero-order valence-corrected chi connectivity index (χ0v) is 20.1. The van der Waals surface area contributed by atoms with Crippen LogP contribution >= 0.6 is 15.9 Å². The maximum atomic E-state index is 13.2. The van der Waals surface area contributed by atoms with Crippen molar-refractivity contribution >= 4 is 33.2 Å². The Morgan fingerprint density at radius 2 is 1.83 bits per heavy atom. The van der Waals surface area contributed by atoms with E-state index in [0.29, 0.717) is 12.1 Å². The van der Waals surface area contributed by atoms with E-state index in [0.717, 1.165) is 34.5 Å². The number of benzene rings is 1. The Morgan fingerprint density at radius 1 is 1.23 bits per heavy atom. The second kappa shape index (κ2) is 11.3. The second-order valence-corrected chi connectivity index (χ2v) is 8.03. The molecule has 0 spiro atoms. The van der Waals surface area contributed by atoms with Crippen molar-refractivity contribution in [2.24, 2.45) is 0 Å². The third-order valence-electron chi connectivity index (χ3n) is 4.89. The zero-order chi connectivity index (χ0) is 22.3.